The number of hydrogen-bond acceptors (Lipinski definition) is 7. The van der Waals surface area contributed by atoms with E-state index in [1.54, 1.807) is 23.8 Å². The lowest BCUT2D eigenvalue weighted by atomic mass is 10.1. The van der Waals surface area contributed by atoms with Gasteiger partial charge in [0.15, 0.2) is 18.1 Å². The van der Waals surface area contributed by atoms with Crippen LogP contribution in [0.5, 0.6) is 17.4 Å². The molecule has 1 N–H and O–H groups in total. The average Bonchev–Trinajstić information content (AvgIpc) is 3.26. The summed E-state index contributed by atoms with van der Waals surface area (Å²) in [5.74, 6) is 2.19. The summed E-state index contributed by atoms with van der Waals surface area (Å²) in [6, 6.07) is 15.0. The summed E-state index contributed by atoms with van der Waals surface area (Å²) in [5.41, 5.74) is 4.68. The molecule has 2 aromatic heterocycles. The van der Waals surface area contributed by atoms with Gasteiger partial charge in [-0.3, -0.25) is 4.79 Å². The molecule has 9 heteroatoms. The van der Waals surface area contributed by atoms with Crippen molar-refractivity contribution in [1.29, 1.82) is 0 Å². The van der Waals surface area contributed by atoms with Gasteiger partial charge in [-0.2, -0.15) is 4.52 Å². The lowest BCUT2D eigenvalue weighted by Crippen LogP contribution is -2.32. The van der Waals surface area contributed by atoms with Crippen LogP contribution in [0.3, 0.4) is 0 Å². The molecule has 4 aromatic rings. The number of carbonyl (C=O) groups is 1. The molecule has 0 bridgehead atoms. The minimum atomic E-state index is -0.218. The van der Waals surface area contributed by atoms with Crippen molar-refractivity contribution < 1.29 is 19.0 Å². The standard InChI is InChI=1S/C25H27N5O4/c1-16-12-17(2)18(3)21(13-16)34-15-23(31)26-10-11-33-24-9-8-22-27-28-25(30(22)29-24)19-6-5-7-20(14-19)32-4/h5-9,12-14H,10-11,15H2,1-4H3,(H,26,31). The molecular formula is C25H27N5O4. The van der Waals surface area contributed by atoms with Gasteiger partial charge in [0.05, 0.1) is 13.7 Å². The summed E-state index contributed by atoms with van der Waals surface area (Å²) in [7, 11) is 1.61. The molecule has 0 aliphatic carbocycles. The second kappa shape index (κ2) is 10.2. The molecule has 0 saturated carbocycles. The van der Waals surface area contributed by atoms with E-state index < -0.39 is 0 Å². The van der Waals surface area contributed by atoms with Crippen molar-refractivity contribution >= 4 is 11.6 Å². The van der Waals surface area contributed by atoms with Crippen LogP contribution in [0.15, 0.2) is 48.5 Å². The van der Waals surface area contributed by atoms with Crippen LogP contribution >= 0.6 is 0 Å². The SMILES string of the molecule is COc1cccc(-c2nnc3ccc(OCCNC(=O)COc4cc(C)cc(C)c4C)nn23)c1. The fraction of sp³-hybridized carbons (Fsp3) is 0.280. The number of methoxy groups -OCH3 is 1. The number of aryl methyl sites for hydroxylation is 2. The largest absolute Gasteiger partial charge is 0.497 e. The summed E-state index contributed by atoms with van der Waals surface area (Å²) in [5, 5.41) is 15.7. The molecule has 9 nitrogen and oxygen atoms in total. The Kier molecular flexibility index (Phi) is 6.91. The van der Waals surface area contributed by atoms with Crippen LogP contribution in [0.1, 0.15) is 16.7 Å². The van der Waals surface area contributed by atoms with Gasteiger partial charge in [-0.05, 0) is 61.7 Å². The van der Waals surface area contributed by atoms with E-state index in [0.717, 1.165) is 28.0 Å². The molecule has 4 rings (SSSR count). The number of rotatable bonds is 9. The molecule has 0 atom stereocenters. The summed E-state index contributed by atoms with van der Waals surface area (Å²) in [6.07, 6.45) is 0. The second-order valence-electron chi connectivity index (χ2n) is 7.89. The van der Waals surface area contributed by atoms with Gasteiger partial charge >= 0.3 is 0 Å². The highest BCUT2D eigenvalue weighted by atomic mass is 16.5. The molecule has 2 aromatic carbocycles. The minimum absolute atomic E-state index is 0.0570. The zero-order valence-electron chi connectivity index (χ0n) is 19.7. The van der Waals surface area contributed by atoms with Gasteiger partial charge in [0, 0.05) is 11.6 Å². The predicted octanol–water partition coefficient (Wildman–Crippen LogP) is 3.30. The first-order valence-corrected chi connectivity index (χ1v) is 10.9. The van der Waals surface area contributed by atoms with Crippen LogP contribution in [0.25, 0.3) is 17.0 Å². The molecule has 0 radical (unpaired) electrons. The molecule has 0 spiro atoms. The van der Waals surface area contributed by atoms with Gasteiger partial charge in [0.2, 0.25) is 5.88 Å². The fourth-order valence-electron chi connectivity index (χ4n) is 3.48. The van der Waals surface area contributed by atoms with Crippen molar-refractivity contribution in [3.05, 3.63) is 65.2 Å². The monoisotopic (exact) mass is 461 g/mol. The Labute approximate surface area is 197 Å². The number of hydrogen-bond donors (Lipinski definition) is 1. The average molecular weight is 462 g/mol. The van der Waals surface area contributed by atoms with Crippen molar-refractivity contribution in [2.24, 2.45) is 0 Å². The van der Waals surface area contributed by atoms with Gasteiger partial charge in [-0.1, -0.05) is 18.2 Å². The van der Waals surface area contributed by atoms with E-state index in [1.165, 1.54) is 0 Å². The van der Waals surface area contributed by atoms with Crippen LogP contribution in [0.4, 0.5) is 0 Å². The number of nitrogens with zero attached hydrogens (tertiary/aromatic N) is 4. The summed E-state index contributed by atoms with van der Waals surface area (Å²) >= 11 is 0. The van der Waals surface area contributed by atoms with E-state index in [1.807, 2.05) is 51.1 Å². The zero-order valence-corrected chi connectivity index (χ0v) is 19.7. The number of benzene rings is 2. The van der Waals surface area contributed by atoms with Crippen molar-refractivity contribution in [2.45, 2.75) is 20.8 Å². The number of nitrogens with one attached hydrogen (secondary N) is 1. The van der Waals surface area contributed by atoms with Crippen LogP contribution < -0.4 is 19.5 Å². The number of amides is 1. The van der Waals surface area contributed by atoms with Crippen molar-refractivity contribution in [3.8, 4) is 28.8 Å². The Morgan fingerprint density at radius 1 is 1.03 bits per heavy atom. The summed E-state index contributed by atoms with van der Waals surface area (Å²) < 4.78 is 18.3. The van der Waals surface area contributed by atoms with E-state index in [-0.39, 0.29) is 19.1 Å². The highest BCUT2D eigenvalue weighted by Crippen LogP contribution is 2.24. The third-order valence-electron chi connectivity index (χ3n) is 5.36. The third-order valence-corrected chi connectivity index (χ3v) is 5.36. The van der Waals surface area contributed by atoms with Crippen molar-refractivity contribution in [1.82, 2.24) is 25.1 Å². The Hall–Kier alpha value is -4.14. The molecule has 2 heterocycles. The van der Waals surface area contributed by atoms with E-state index in [9.17, 15) is 4.79 Å². The highest BCUT2D eigenvalue weighted by molar-refractivity contribution is 5.77. The van der Waals surface area contributed by atoms with Gasteiger partial charge in [-0.25, -0.2) is 0 Å². The maximum atomic E-state index is 12.2. The molecular weight excluding hydrogens is 434 g/mol. The van der Waals surface area contributed by atoms with Crippen LogP contribution in [-0.4, -0.2) is 52.6 Å². The molecule has 0 unspecified atom stereocenters. The molecule has 0 aliphatic rings. The molecule has 0 fully saturated rings. The second-order valence-corrected chi connectivity index (χ2v) is 7.89. The number of fused-ring (bicyclic) bond motifs is 1. The molecule has 0 saturated heterocycles. The summed E-state index contributed by atoms with van der Waals surface area (Å²) in [4.78, 5) is 12.2. The first-order chi connectivity index (χ1) is 16.4. The Morgan fingerprint density at radius 2 is 1.88 bits per heavy atom. The number of aromatic nitrogens is 4. The number of ether oxygens (including phenoxy) is 3. The molecule has 34 heavy (non-hydrogen) atoms. The summed E-state index contributed by atoms with van der Waals surface area (Å²) in [6.45, 7) is 6.52. The first kappa shape index (κ1) is 23.0. The smallest absolute Gasteiger partial charge is 0.258 e. The zero-order chi connectivity index (χ0) is 24.1. The minimum Gasteiger partial charge on any atom is -0.497 e. The fourth-order valence-corrected chi connectivity index (χ4v) is 3.48. The Bertz CT molecular complexity index is 1320. The topological polar surface area (TPSA) is 99.9 Å². The maximum Gasteiger partial charge on any atom is 0.258 e. The first-order valence-electron chi connectivity index (χ1n) is 10.9. The Balaban J connectivity index is 1.31. The van der Waals surface area contributed by atoms with Gasteiger partial charge in [-0.15, -0.1) is 15.3 Å². The Morgan fingerprint density at radius 3 is 2.71 bits per heavy atom. The van der Waals surface area contributed by atoms with Gasteiger partial charge in [0.1, 0.15) is 18.1 Å². The number of carbonyl (C=O) groups excluding carboxylic acids is 1. The van der Waals surface area contributed by atoms with Gasteiger partial charge in [0.25, 0.3) is 5.91 Å². The third kappa shape index (κ3) is 5.25. The van der Waals surface area contributed by atoms with E-state index in [2.05, 4.69) is 26.7 Å². The van der Waals surface area contributed by atoms with Crippen molar-refractivity contribution in [2.75, 3.05) is 26.9 Å². The van der Waals surface area contributed by atoms with Crippen LogP contribution in [-0.2, 0) is 4.79 Å². The lowest BCUT2D eigenvalue weighted by Gasteiger charge is -2.12. The normalized spacial score (nSPS) is 10.8. The van der Waals surface area contributed by atoms with Crippen LogP contribution in [0, 0.1) is 20.8 Å². The highest BCUT2D eigenvalue weighted by Gasteiger charge is 2.12. The van der Waals surface area contributed by atoms with E-state index in [4.69, 9.17) is 14.2 Å². The molecule has 1 amide bonds. The quantitative estimate of drug-likeness (QED) is 0.382. The lowest BCUT2D eigenvalue weighted by molar-refractivity contribution is -0.123. The molecule has 176 valence electrons. The molecule has 0 aliphatic heterocycles. The van der Waals surface area contributed by atoms with Gasteiger partial charge < -0.3 is 19.5 Å². The van der Waals surface area contributed by atoms with E-state index >= 15 is 0 Å². The van der Waals surface area contributed by atoms with E-state index in [0.29, 0.717) is 29.6 Å². The maximum absolute atomic E-state index is 12.2. The van der Waals surface area contributed by atoms with Crippen LogP contribution in [0.2, 0.25) is 0 Å². The van der Waals surface area contributed by atoms with Crippen molar-refractivity contribution in [3.63, 3.8) is 0 Å². The predicted molar refractivity (Wildman–Crippen MR) is 127 cm³/mol.